The van der Waals surface area contributed by atoms with E-state index in [-0.39, 0.29) is 17.9 Å². The number of unbranched alkanes of at least 4 members (excludes halogenated alkanes) is 2. The van der Waals surface area contributed by atoms with Crippen LogP contribution >= 0.6 is 0 Å². The molecule has 0 spiro atoms. The minimum absolute atomic E-state index is 0.0359. The van der Waals surface area contributed by atoms with Gasteiger partial charge in [0.1, 0.15) is 17.3 Å². The van der Waals surface area contributed by atoms with Gasteiger partial charge in [-0.3, -0.25) is 14.6 Å². The first-order valence-electron chi connectivity index (χ1n) is 12.1. The van der Waals surface area contributed by atoms with Gasteiger partial charge in [-0.2, -0.15) is 0 Å². The predicted molar refractivity (Wildman–Crippen MR) is 137 cm³/mol. The lowest BCUT2D eigenvalue weighted by Gasteiger charge is -2.25. The van der Waals surface area contributed by atoms with Crippen LogP contribution in [0.2, 0.25) is 0 Å². The average molecular weight is 487 g/mol. The van der Waals surface area contributed by atoms with Gasteiger partial charge in [0.25, 0.3) is 11.7 Å². The summed E-state index contributed by atoms with van der Waals surface area (Å²) in [4.78, 5) is 32.0. The van der Waals surface area contributed by atoms with Crippen molar-refractivity contribution in [1.29, 1.82) is 0 Å². The Morgan fingerprint density at radius 3 is 2.53 bits per heavy atom. The summed E-state index contributed by atoms with van der Waals surface area (Å²) >= 11 is 0. The molecule has 0 radical (unpaired) electrons. The molecule has 2 heterocycles. The first-order valence-corrected chi connectivity index (χ1v) is 12.1. The van der Waals surface area contributed by atoms with Gasteiger partial charge < -0.3 is 19.5 Å². The Hall–Kier alpha value is -4.13. The van der Waals surface area contributed by atoms with E-state index >= 15 is 0 Å². The van der Waals surface area contributed by atoms with Crippen LogP contribution in [-0.4, -0.2) is 40.4 Å². The van der Waals surface area contributed by atoms with Crippen LogP contribution in [0.3, 0.4) is 0 Å². The van der Waals surface area contributed by atoms with Gasteiger partial charge >= 0.3 is 0 Å². The Bertz CT molecular complexity index is 1240. The van der Waals surface area contributed by atoms with Gasteiger partial charge in [-0.15, -0.1) is 0 Å². The molecule has 0 bridgehead atoms. The van der Waals surface area contributed by atoms with E-state index in [1.807, 2.05) is 30.3 Å². The SMILES string of the molecule is CCCCCOc1ccc(C2/C(=C(\O)c3cccc(OC)c3)C(=O)C(=O)N2Cc2cccnc2)cc1. The number of Topliss-reactive ketones (excluding diaryl/α,β-unsaturated/α-hetero) is 1. The van der Waals surface area contributed by atoms with Crippen LogP contribution < -0.4 is 9.47 Å². The highest BCUT2D eigenvalue weighted by Crippen LogP contribution is 2.41. The van der Waals surface area contributed by atoms with Gasteiger partial charge in [-0.1, -0.05) is 50.1 Å². The number of aromatic nitrogens is 1. The van der Waals surface area contributed by atoms with E-state index in [0.717, 1.165) is 24.8 Å². The predicted octanol–water partition coefficient (Wildman–Crippen LogP) is 5.28. The zero-order valence-corrected chi connectivity index (χ0v) is 20.5. The third kappa shape index (κ3) is 5.40. The first kappa shape index (κ1) is 25.0. The van der Waals surface area contributed by atoms with Crippen LogP contribution in [0, 0.1) is 0 Å². The number of likely N-dealkylation sites (tertiary alicyclic amines) is 1. The summed E-state index contributed by atoms with van der Waals surface area (Å²) in [6.45, 7) is 2.94. The fraction of sp³-hybridized carbons (Fsp3) is 0.276. The van der Waals surface area contributed by atoms with Crippen molar-refractivity contribution in [1.82, 2.24) is 9.88 Å². The zero-order chi connectivity index (χ0) is 25.5. The van der Waals surface area contributed by atoms with Crippen LogP contribution in [0.15, 0.2) is 78.6 Å². The summed E-state index contributed by atoms with van der Waals surface area (Å²) in [5.74, 6) is -0.403. The molecule has 2 aromatic carbocycles. The molecule has 7 heteroatoms. The van der Waals surface area contributed by atoms with Crippen LogP contribution in [0.4, 0.5) is 0 Å². The summed E-state index contributed by atoms with van der Waals surface area (Å²) in [5.41, 5.74) is 1.91. The highest BCUT2D eigenvalue weighted by atomic mass is 16.5. The van der Waals surface area contributed by atoms with E-state index in [0.29, 0.717) is 29.2 Å². The summed E-state index contributed by atoms with van der Waals surface area (Å²) in [6.07, 6.45) is 6.50. The van der Waals surface area contributed by atoms with Crippen molar-refractivity contribution >= 4 is 17.4 Å². The molecule has 1 amide bonds. The summed E-state index contributed by atoms with van der Waals surface area (Å²) < 4.78 is 11.1. The maximum Gasteiger partial charge on any atom is 0.295 e. The van der Waals surface area contributed by atoms with E-state index in [4.69, 9.17) is 9.47 Å². The van der Waals surface area contributed by atoms with Gasteiger partial charge in [0.05, 0.1) is 25.3 Å². The fourth-order valence-electron chi connectivity index (χ4n) is 4.29. The second-order valence-corrected chi connectivity index (χ2v) is 8.64. The molecule has 1 unspecified atom stereocenters. The second kappa shape index (κ2) is 11.5. The molecule has 3 aromatic rings. The lowest BCUT2D eigenvalue weighted by molar-refractivity contribution is -0.140. The maximum atomic E-state index is 13.2. The van der Waals surface area contributed by atoms with Gasteiger partial charge in [0.2, 0.25) is 0 Å². The Labute approximate surface area is 211 Å². The molecule has 1 aromatic heterocycles. The third-order valence-corrected chi connectivity index (χ3v) is 6.17. The number of amides is 1. The van der Waals surface area contributed by atoms with Crippen molar-refractivity contribution in [2.75, 3.05) is 13.7 Å². The standard InChI is InChI=1S/C29H30N2O5/c1-3-4-5-16-36-23-13-11-21(12-14-23)26-25(27(32)22-9-6-10-24(17-22)35-2)28(33)29(34)31(26)19-20-8-7-15-30-18-20/h6-15,17-18,26,32H,3-5,16,19H2,1-2H3/b27-25+. The number of carbonyl (C=O) groups is 2. The average Bonchev–Trinajstić information content (AvgIpc) is 3.16. The van der Waals surface area contributed by atoms with Crippen LogP contribution in [0.1, 0.15) is 48.9 Å². The molecule has 1 aliphatic heterocycles. The summed E-state index contributed by atoms with van der Waals surface area (Å²) in [6, 6.07) is 17.0. The highest BCUT2D eigenvalue weighted by Gasteiger charge is 2.46. The van der Waals surface area contributed by atoms with Gasteiger partial charge in [0.15, 0.2) is 0 Å². The molecular weight excluding hydrogens is 456 g/mol. The van der Waals surface area contributed by atoms with Gasteiger partial charge in [-0.05, 0) is 47.9 Å². The van der Waals surface area contributed by atoms with Crippen molar-refractivity contribution in [3.63, 3.8) is 0 Å². The smallest absolute Gasteiger partial charge is 0.295 e. The minimum atomic E-state index is -0.773. The number of hydrogen-bond donors (Lipinski definition) is 1. The van der Waals surface area contributed by atoms with E-state index in [2.05, 4.69) is 11.9 Å². The van der Waals surface area contributed by atoms with Crippen molar-refractivity contribution in [2.45, 2.75) is 38.8 Å². The molecule has 7 nitrogen and oxygen atoms in total. The molecule has 1 N–H and O–H groups in total. The van der Waals surface area contributed by atoms with E-state index < -0.39 is 17.7 Å². The van der Waals surface area contributed by atoms with Crippen molar-refractivity contribution < 1.29 is 24.2 Å². The Kier molecular flexibility index (Phi) is 8.00. The first-order chi connectivity index (χ1) is 17.5. The molecule has 1 aliphatic rings. The van der Waals surface area contributed by atoms with Crippen molar-refractivity contribution in [2.24, 2.45) is 0 Å². The fourth-order valence-corrected chi connectivity index (χ4v) is 4.29. The molecule has 1 atom stereocenters. The minimum Gasteiger partial charge on any atom is -0.507 e. The highest BCUT2D eigenvalue weighted by molar-refractivity contribution is 6.46. The number of hydrogen-bond acceptors (Lipinski definition) is 6. The zero-order valence-electron chi connectivity index (χ0n) is 20.5. The number of methoxy groups -OCH3 is 1. The lowest BCUT2D eigenvalue weighted by atomic mass is 9.95. The second-order valence-electron chi connectivity index (χ2n) is 8.64. The Morgan fingerprint density at radius 2 is 1.83 bits per heavy atom. The number of nitrogens with zero attached hydrogens (tertiary/aromatic N) is 2. The monoisotopic (exact) mass is 486 g/mol. The molecule has 1 saturated heterocycles. The number of ketones is 1. The lowest BCUT2D eigenvalue weighted by Crippen LogP contribution is -2.29. The largest absolute Gasteiger partial charge is 0.507 e. The number of pyridine rings is 1. The Balaban J connectivity index is 1.74. The molecular formula is C29H30N2O5. The Morgan fingerprint density at radius 1 is 1.03 bits per heavy atom. The van der Waals surface area contributed by atoms with E-state index in [1.165, 1.54) is 12.0 Å². The van der Waals surface area contributed by atoms with Crippen LogP contribution in [0.25, 0.3) is 5.76 Å². The number of aliphatic hydroxyl groups excluding tert-OH is 1. The summed E-state index contributed by atoms with van der Waals surface area (Å²) in [7, 11) is 1.53. The number of carbonyl (C=O) groups excluding carboxylic acids is 2. The molecule has 186 valence electrons. The number of benzene rings is 2. The van der Waals surface area contributed by atoms with Gasteiger partial charge in [-0.25, -0.2) is 0 Å². The number of ether oxygens (including phenoxy) is 2. The third-order valence-electron chi connectivity index (χ3n) is 6.17. The van der Waals surface area contributed by atoms with Crippen molar-refractivity contribution in [3.05, 3.63) is 95.3 Å². The van der Waals surface area contributed by atoms with Gasteiger partial charge in [0, 0.05) is 24.5 Å². The summed E-state index contributed by atoms with van der Waals surface area (Å²) in [5, 5.41) is 11.3. The van der Waals surface area contributed by atoms with Crippen LogP contribution in [0.5, 0.6) is 11.5 Å². The number of aliphatic hydroxyl groups is 1. The number of rotatable bonds is 10. The molecule has 0 aliphatic carbocycles. The maximum absolute atomic E-state index is 13.2. The van der Waals surface area contributed by atoms with E-state index in [1.54, 1.807) is 42.7 Å². The normalized spacial score (nSPS) is 16.8. The van der Waals surface area contributed by atoms with Crippen LogP contribution in [-0.2, 0) is 16.1 Å². The molecule has 1 fully saturated rings. The topological polar surface area (TPSA) is 89.0 Å². The van der Waals surface area contributed by atoms with E-state index in [9.17, 15) is 14.7 Å². The quantitative estimate of drug-likeness (QED) is 0.182. The molecule has 36 heavy (non-hydrogen) atoms. The molecule has 4 rings (SSSR count). The van der Waals surface area contributed by atoms with Crippen molar-refractivity contribution in [3.8, 4) is 11.5 Å². The molecule has 0 saturated carbocycles.